The van der Waals surface area contributed by atoms with Crippen molar-refractivity contribution in [3.8, 4) is 0 Å². The molecule has 2 nitrogen and oxygen atoms in total. The summed E-state index contributed by atoms with van der Waals surface area (Å²) in [4.78, 5) is 0. The molecule has 1 aromatic heterocycles. The Morgan fingerprint density at radius 1 is 1.35 bits per heavy atom. The van der Waals surface area contributed by atoms with Gasteiger partial charge in [0.15, 0.2) is 0 Å². The molecule has 0 amide bonds. The van der Waals surface area contributed by atoms with E-state index in [-0.39, 0.29) is 5.82 Å². The average molecular weight is 253 g/mol. The number of rotatable bonds is 4. The summed E-state index contributed by atoms with van der Waals surface area (Å²) in [6, 6.07) is 6.78. The van der Waals surface area contributed by atoms with Crippen LogP contribution in [0.5, 0.6) is 0 Å². The van der Waals surface area contributed by atoms with Crippen LogP contribution >= 0.6 is 11.6 Å². The molecule has 0 fully saturated rings. The Labute approximate surface area is 105 Å². The highest BCUT2D eigenvalue weighted by Gasteiger charge is 2.04. The van der Waals surface area contributed by atoms with Gasteiger partial charge in [-0.3, -0.25) is 0 Å². The minimum absolute atomic E-state index is 0.263. The first-order valence-electron chi connectivity index (χ1n) is 5.42. The zero-order valence-electron chi connectivity index (χ0n) is 9.58. The third kappa shape index (κ3) is 3.08. The highest BCUT2D eigenvalue weighted by Crippen LogP contribution is 2.16. The van der Waals surface area contributed by atoms with E-state index in [0.717, 1.165) is 6.54 Å². The van der Waals surface area contributed by atoms with Crippen LogP contribution in [0.4, 0.5) is 4.39 Å². The number of halogens is 2. The van der Waals surface area contributed by atoms with Crippen molar-refractivity contribution in [1.29, 1.82) is 0 Å². The number of hydrogen-bond acceptors (Lipinski definition) is 1. The van der Waals surface area contributed by atoms with Crippen LogP contribution < -0.4 is 5.32 Å². The summed E-state index contributed by atoms with van der Waals surface area (Å²) in [5, 5.41) is 3.50. The predicted octanol–water partition coefficient (Wildman–Crippen LogP) is 3.05. The second kappa shape index (κ2) is 5.34. The Hall–Kier alpha value is -1.32. The van der Waals surface area contributed by atoms with Crippen molar-refractivity contribution < 1.29 is 4.39 Å². The van der Waals surface area contributed by atoms with Crippen LogP contribution in [0, 0.1) is 5.82 Å². The van der Waals surface area contributed by atoms with Crippen molar-refractivity contribution in [2.24, 2.45) is 0 Å². The number of nitrogens with zero attached hydrogens (tertiary/aromatic N) is 1. The maximum absolute atomic E-state index is 13.6. The summed E-state index contributed by atoms with van der Waals surface area (Å²) in [5.41, 5.74) is 1.82. The second-order valence-electron chi connectivity index (χ2n) is 3.96. The maximum atomic E-state index is 13.6. The van der Waals surface area contributed by atoms with E-state index in [2.05, 4.69) is 5.32 Å². The molecule has 0 unspecified atom stereocenters. The predicted molar refractivity (Wildman–Crippen MR) is 67.7 cm³/mol. The smallest absolute Gasteiger partial charge is 0.129 e. The van der Waals surface area contributed by atoms with E-state index in [9.17, 15) is 4.39 Å². The molecule has 1 heterocycles. The maximum Gasteiger partial charge on any atom is 0.129 e. The number of nitrogens with one attached hydrogen (secondary N) is 1. The van der Waals surface area contributed by atoms with Gasteiger partial charge in [-0.05, 0) is 30.8 Å². The van der Waals surface area contributed by atoms with Crippen molar-refractivity contribution in [2.45, 2.75) is 13.1 Å². The Morgan fingerprint density at radius 3 is 2.88 bits per heavy atom. The molecule has 2 aromatic rings. The first kappa shape index (κ1) is 12.1. The highest BCUT2D eigenvalue weighted by molar-refractivity contribution is 6.30. The molecule has 90 valence electrons. The summed E-state index contributed by atoms with van der Waals surface area (Å²) < 4.78 is 15.5. The second-order valence-corrected chi connectivity index (χ2v) is 4.39. The van der Waals surface area contributed by atoms with Gasteiger partial charge in [0.25, 0.3) is 0 Å². The van der Waals surface area contributed by atoms with Gasteiger partial charge in [0.1, 0.15) is 5.82 Å². The number of aromatic nitrogens is 1. The van der Waals surface area contributed by atoms with Crippen LogP contribution in [-0.2, 0) is 13.1 Å². The van der Waals surface area contributed by atoms with Crippen molar-refractivity contribution >= 4 is 11.6 Å². The van der Waals surface area contributed by atoms with Crippen LogP contribution in [0.1, 0.15) is 11.1 Å². The molecular weight excluding hydrogens is 239 g/mol. The fourth-order valence-corrected chi connectivity index (χ4v) is 1.90. The van der Waals surface area contributed by atoms with Gasteiger partial charge in [0.05, 0.1) is 0 Å². The van der Waals surface area contributed by atoms with E-state index < -0.39 is 0 Å². The molecule has 0 radical (unpaired) electrons. The largest absolute Gasteiger partial charge is 0.349 e. The van der Waals surface area contributed by atoms with Gasteiger partial charge in [0, 0.05) is 36.1 Å². The Bertz CT molecular complexity index is 508. The summed E-state index contributed by atoms with van der Waals surface area (Å²) in [6.07, 6.45) is 3.95. The molecule has 1 N–H and O–H groups in total. The van der Waals surface area contributed by atoms with E-state index in [4.69, 9.17) is 11.6 Å². The normalized spacial score (nSPS) is 10.8. The van der Waals surface area contributed by atoms with Crippen LogP contribution in [-0.4, -0.2) is 11.6 Å². The minimum Gasteiger partial charge on any atom is -0.349 e. The third-order valence-corrected chi connectivity index (χ3v) is 2.80. The van der Waals surface area contributed by atoms with E-state index in [1.54, 1.807) is 12.1 Å². The Kier molecular flexibility index (Phi) is 3.82. The molecule has 17 heavy (non-hydrogen) atoms. The highest BCUT2D eigenvalue weighted by atomic mass is 35.5. The molecular formula is C13H14ClFN2. The van der Waals surface area contributed by atoms with E-state index >= 15 is 0 Å². The van der Waals surface area contributed by atoms with Crippen molar-refractivity contribution in [3.05, 3.63) is 58.6 Å². The third-order valence-electron chi connectivity index (χ3n) is 2.56. The molecule has 0 bridgehead atoms. The molecule has 0 atom stereocenters. The number of hydrogen-bond donors (Lipinski definition) is 1. The van der Waals surface area contributed by atoms with Crippen LogP contribution in [0.3, 0.4) is 0 Å². The van der Waals surface area contributed by atoms with Crippen LogP contribution in [0.25, 0.3) is 0 Å². The average Bonchev–Trinajstić information content (AvgIpc) is 2.71. The van der Waals surface area contributed by atoms with E-state index in [1.807, 2.05) is 30.1 Å². The van der Waals surface area contributed by atoms with Gasteiger partial charge >= 0.3 is 0 Å². The van der Waals surface area contributed by atoms with Gasteiger partial charge in [-0.2, -0.15) is 0 Å². The molecule has 0 saturated carbocycles. The van der Waals surface area contributed by atoms with Gasteiger partial charge in [-0.25, -0.2) is 4.39 Å². The van der Waals surface area contributed by atoms with Crippen molar-refractivity contribution in [1.82, 2.24) is 9.88 Å². The van der Waals surface area contributed by atoms with E-state index in [0.29, 0.717) is 17.1 Å². The summed E-state index contributed by atoms with van der Waals surface area (Å²) in [6.45, 7) is 1.34. The first-order valence-corrected chi connectivity index (χ1v) is 5.80. The molecule has 0 spiro atoms. The molecule has 4 heteroatoms. The molecule has 0 saturated heterocycles. The monoisotopic (exact) mass is 252 g/mol. The summed E-state index contributed by atoms with van der Waals surface area (Å²) >= 11 is 5.71. The standard InChI is InChI=1S/C13H14ClFN2/c1-16-7-10-4-5-17(8-10)9-11-2-3-12(14)6-13(11)15/h2-6,8,16H,7,9H2,1H3. The van der Waals surface area contributed by atoms with Gasteiger partial charge in [-0.1, -0.05) is 17.7 Å². The number of benzene rings is 1. The lowest BCUT2D eigenvalue weighted by molar-refractivity contribution is 0.599. The Balaban J connectivity index is 2.13. The summed E-state index contributed by atoms with van der Waals surface area (Å²) in [7, 11) is 1.90. The molecule has 1 aromatic carbocycles. The topological polar surface area (TPSA) is 17.0 Å². The summed E-state index contributed by atoms with van der Waals surface area (Å²) in [5.74, 6) is -0.263. The SMILES string of the molecule is CNCc1ccn(Cc2ccc(Cl)cc2F)c1. The lowest BCUT2D eigenvalue weighted by Crippen LogP contribution is -2.04. The van der Waals surface area contributed by atoms with Crippen molar-refractivity contribution in [2.75, 3.05) is 7.05 Å². The van der Waals surface area contributed by atoms with Gasteiger partial charge in [0.2, 0.25) is 0 Å². The lowest BCUT2D eigenvalue weighted by atomic mass is 10.2. The molecule has 2 rings (SSSR count). The zero-order chi connectivity index (χ0) is 12.3. The zero-order valence-corrected chi connectivity index (χ0v) is 10.3. The molecule has 0 aliphatic rings. The van der Waals surface area contributed by atoms with Crippen LogP contribution in [0.2, 0.25) is 5.02 Å². The van der Waals surface area contributed by atoms with Crippen LogP contribution in [0.15, 0.2) is 36.7 Å². The van der Waals surface area contributed by atoms with Gasteiger partial charge in [-0.15, -0.1) is 0 Å². The minimum atomic E-state index is -0.263. The first-order chi connectivity index (χ1) is 8.19. The van der Waals surface area contributed by atoms with Crippen molar-refractivity contribution in [3.63, 3.8) is 0 Å². The molecule has 0 aliphatic carbocycles. The van der Waals surface area contributed by atoms with Gasteiger partial charge < -0.3 is 9.88 Å². The quantitative estimate of drug-likeness (QED) is 0.885. The fraction of sp³-hybridized carbons (Fsp3) is 0.231. The fourth-order valence-electron chi connectivity index (χ4n) is 1.74. The lowest BCUT2D eigenvalue weighted by Gasteiger charge is -2.05. The Morgan fingerprint density at radius 2 is 2.18 bits per heavy atom. The van der Waals surface area contributed by atoms with E-state index in [1.165, 1.54) is 11.6 Å². The molecule has 0 aliphatic heterocycles.